The number of aryl methyl sites for hydroxylation is 1. The second-order valence-electron chi connectivity index (χ2n) is 7.45. The van der Waals surface area contributed by atoms with Gasteiger partial charge in [0.05, 0.1) is 5.92 Å². The van der Waals surface area contributed by atoms with Crippen LogP contribution in [0.3, 0.4) is 0 Å². The fourth-order valence-electron chi connectivity index (χ4n) is 3.59. The molecule has 0 bridgehead atoms. The van der Waals surface area contributed by atoms with Crippen LogP contribution in [0.15, 0.2) is 27.4 Å². The van der Waals surface area contributed by atoms with Crippen LogP contribution in [0, 0.1) is 25.7 Å². The zero-order valence-electron chi connectivity index (χ0n) is 16.1. The predicted molar refractivity (Wildman–Crippen MR) is 104 cm³/mol. The molecule has 1 aromatic heterocycles. The van der Waals surface area contributed by atoms with E-state index in [1.165, 1.54) is 0 Å². The highest BCUT2D eigenvalue weighted by molar-refractivity contribution is 5.82. The zero-order chi connectivity index (χ0) is 20.3. The summed E-state index contributed by atoms with van der Waals surface area (Å²) < 4.78 is 10.8. The third-order valence-electron chi connectivity index (χ3n) is 5.58. The summed E-state index contributed by atoms with van der Waals surface area (Å²) in [7, 11) is 0. The number of ether oxygens (including phenoxy) is 1. The van der Waals surface area contributed by atoms with Gasteiger partial charge in [0.25, 0.3) is 5.91 Å². The molecule has 1 saturated carbocycles. The number of carbonyl (C=O) groups is 2. The molecule has 0 saturated heterocycles. The third kappa shape index (κ3) is 4.52. The van der Waals surface area contributed by atoms with Crippen molar-refractivity contribution in [3.8, 4) is 5.75 Å². The van der Waals surface area contributed by atoms with E-state index in [4.69, 9.17) is 14.3 Å². The lowest BCUT2D eigenvalue weighted by atomic mass is 9.82. The molecule has 3 rings (SSSR count). The van der Waals surface area contributed by atoms with Crippen LogP contribution in [-0.4, -0.2) is 30.1 Å². The van der Waals surface area contributed by atoms with Crippen LogP contribution in [-0.2, 0) is 9.59 Å². The van der Waals surface area contributed by atoms with Gasteiger partial charge in [-0.15, -0.1) is 0 Å². The van der Waals surface area contributed by atoms with E-state index in [9.17, 15) is 14.4 Å². The lowest BCUT2D eigenvalue weighted by molar-refractivity contribution is -0.143. The Morgan fingerprint density at radius 3 is 2.57 bits per heavy atom. The fourth-order valence-corrected chi connectivity index (χ4v) is 3.59. The monoisotopic (exact) mass is 387 g/mol. The van der Waals surface area contributed by atoms with E-state index in [1.54, 1.807) is 19.1 Å². The maximum absolute atomic E-state index is 12.0. The largest absolute Gasteiger partial charge is 0.484 e. The fraction of sp³-hybridized carbons (Fsp3) is 0.476. The van der Waals surface area contributed by atoms with Crippen molar-refractivity contribution < 1.29 is 23.8 Å². The Balaban J connectivity index is 1.50. The van der Waals surface area contributed by atoms with Crippen LogP contribution in [0.1, 0.15) is 36.8 Å². The van der Waals surface area contributed by atoms with Crippen molar-refractivity contribution in [1.82, 2.24) is 5.32 Å². The average Bonchev–Trinajstić information content (AvgIpc) is 2.69. The normalized spacial score (nSPS) is 19.4. The molecule has 28 heavy (non-hydrogen) atoms. The number of nitrogens with one attached hydrogen (secondary N) is 1. The molecule has 0 radical (unpaired) electrons. The molecule has 2 aromatic rings. The van der Waals surface area contributed by atoms with Gasteiger partial charge in [-0.25, -0.2) is 4.79 Å². The first-order chi connectivity index (χ1) is 13.3. The molecule has 1 amide bonds. The maximum atomic E-state index is 12.0. The van der Waals surface area contributed by atoms with Gasteiger partial charge < -0.3 is 19.6 Å². The number of rotatable bonds is 6. The van der Waals surface area contributed by atoms with Gasteiger partial charge in [0, 0.05) is 23.6 Å². The van der Waals surface area contributed by atoms with Gasteiger partial charge in [0.2, 0.25) is 0 Å². The highest BCUT2D eigenvalue weighted by Gasteiger charge is 2.26. The molecular weight excluding hydrogens is 362 g/mol. The summed E-state index contributed by atoms with van der Waals surface area (Å²) in [6.45, 7) is 3.99. The topological polar surface area (TPSA) is 106 Å². The van der Waals surface area contributed by atoms with Crippen molar-refractivity contribution in [2.24, 2.45) is 11.8 Å². The van der Waals surface area contributed by atoms with E-state index < -0.39 is 5.97 Å². The smallest absolute Gasteiger partial charge is 0.339 e. The van der Waals surface area contributed by atoms with E-state index in [0.717, 1.165) is 23.8 Å². The molecule has 0 aliphatic heterocycles. The van der Waals surface area contributed by atoms with Crippen LogP contribution >= 0.6 is 0 Å². The molecule has 0 unspecified atom stereocenters. The Hall–Kier alpha value is -2.83. The minimum atomic E-state index is -0.729. The molecule has 7 nitrogen and oxygen atoms in total. The van der Waals surface area contributed by atoms with Crippen LogP contribution in [0.5, 0.6) is 5.75 Å². The lowest BCUT2D eigenvalue weighted by Crippen LogP contribution is -2.35. The highest BCUT2D eigenvalue weighted by Crippen LogP contribution is 2.28. The van der Waals surface area contributed by atoms with Gasteiger partial charge in [-0.2, -0.15) is 0 Å². The molecule has 7 heteroatoms. The van der Waals surface area contributed by atoms with Gasteiger partial charge in [0.1, 0.15) is 11.3 Å². The molecule has 1 heterocycles. The second kappa shape index (κ2) is 8.46. The van der Waals surface area contributed by atoms with Crippen molar-refractivity contribution >= 4 is 22.8 Å². The molecule has 2 N–H and O–H groups in total. The van der Waals surface area contributed by atoms with Crippen molar-refractivity contribution in [3.63, 3.8) is 0 Å². The van der Waals surface area contributed by atoms with E-state index in [1.807, 2.05) is 13.0 Å². The Morgan fingerprint density at radius 2 is 1.89 bits per heavy atom. The zero-order valence-corrected chi connectivity index (χ0v) is 16.1. The molecule has 1 aromatic carbocycles. The van der Waals surface area contributed by atoms with E-state index in [0.29, 0.717) is 42.2 Å². The summed E-state index contributed by atoms with van der Waals surface area (Å²) >= 11 is 0. The van der Waals surface area contributed by atoms with Gasteiger partial charge in [-0.1, -0.05) is 0 Å². The second-order valence-corrected chi connectivity index (χ2v) is 7.45. The van der Waals surface area contributed by atoms with Gasteiger partial charge in [-0.05, 0) is 63.1 Å². The van der Waals surface area contributed by atoms with Crippen molar-refractivity contribution in [2.45, 2.75) is 39.5 Å². The summed E-state index contributed by atoms with van der Waals surface area (Å²) in [5, 5.41) is 12.7. The SMILES string of the molecule is Cc1c(C)c2ccc(OCC(=O)NCC3CCC(C(=O)O)CC3)cc2oc1=O. The first-order valence-electron chi connectivity index (χ1n) is 9.51. The number of carboxylic acid groups (broad SMARTS) is 1. The van der Waals surface area contributed by atoms with Crippen LogP contribution in [0.25, 0.3) is 11.0 Å². The Bertz CT molecular complexity index is 940. The highest BCUT2D eigenvalue weighted by atomic mass is 16.5. The quantitative estimate of drug-likeness (QED) is 0.739. The average molecular weight is 387 g/mol. The standard InChI is InChI=1S/C21H25NO6/c1-12-13(2)21(26)28-18-9-16(7-8-17(12)18)27-11-19(23)22-10-14-3-5-15(6-4-14)20(24)25/h7-9,14-15H,3-6,10-11H2,1-2H3,(H,22,23)(H,24,25). The summed E-state index contributed by atoms with van der Waals surface area (Å²) in [5.41, 5.74) is 1.50. The number of carbonyl (C=O) groups excluding carboxylic acids is 1. The van der Waals surface area contributed by atoms with Crippen LogP contribution in [0.4, 0.5) is 0 Å². The first kappa shape index (κ1) is 19.9. The predicted octanol–water partition coefficient (Wildman–Crippen LogP) is 2.80. The summed E-state index contributed by atoms with van der Waals surface area (Å²) in [6, 6.07) is 5.17. The number of amides is 1. The van der Waals surface area contributed by atoms with Gasteiger partial charge in [0.15, 0.2) is 6.61 Å². The summed E-state index contributed by atoms with van der Waals surface area (Å²) in [5.74, 6) is -0.457. The summed E-state index contributed by atoms with van der Waals surface area (Å²) in [4.78, 5) is 34.8. The number of aliphatic carboxylic acids is 1. The molecule has 0 atom stereocenters. The Morgan fingerprint density at radius 1 is 1.18 bits per heavy atom. The molecule has 150 valence electrons. The number of hydrogen-bond donors (Lipinski definition) is 2. The van der Waals surface area contributed by atoms with E-state index in [2.05, 4.69) is 5.32 Å². The minimum Gasteiger partial charge on any atom is -0.484 e. The number of carboxylic acids is 1. The van der Waals surface area contributed by atoms with E-state index in [-0.39, 0.29) is 24.1 Å². The Labute approximate surface area is 162 Å². The van der Waals surface area contributed by atoms with Crippen LogP contribution < -0.4 is 15.7 Å². The van der Waals surface area contributed by atoms with Gasteiger partial charge in [-0.3, -0.25) is 9.59 Å². The number of fused-ring (bicyclic) bond motifs is 1. The Kier molecular flexibility index (Phi) is 6.02. The number of hydrogen-bond acceptors (Lipinski definition) is 5. The van der Waals surface area contributed by atoms with Crippen molar-refractivity contribution in [3.05, 3.63) is 39.7 Å². The van der Waals surface area contributed by atoms with Gasteiger partial charge >= 0.3 is 11.6 Å². The molecule has 1 aliphatic carbocycles. The van der Waals surface area contributed by atoms with Crippen molar-refractivity contribution in [1.29, 1.82) is 0 Å². The summed E-state index contributed by atoms with van der Waals surface area (Å²) in [6.07, 6.45) is 2.93. The van der Waals surface area contributed by atoms with E-state index >= 15 is 0 Å². The third-order valence-corrected chi connectivity index (χ3v) is 5.58. The minimum absolute atomic E-state index is 0.134. The lowest BCUT2D eigenvalue weighted by Gasteiger charge is -2.26. The van der Waals surface area contributed by atoms with Crippen LogP contribution in [0.2, 0.25) is 0 Å². The molecular formula is C21H25NO6. The maximum Gasteiger partial charge on any atom is 0.339 e. The molecule has 1 fully saturated rings. The van der Waals surface area contributed by atoms with Crippen molar-refractivity contribution in [2.75, 3.05) is 13.2 Å². The molecule has 0 spiro atoms. The first-order valence-corrected chi connectivity index (χ1v) is 9.51. The molecule has 1 aliphatic rings. The number of benzene rings is 1.